The van der Waals surface area contributed by atoms with Crippen molar-refractivity contribution in [1.82, 2.24) is 4.90 Å². The van der Waals surface area contributed by atoms with E-state index in [2.05, 4.69) is 0 Å². The van der Waals surface area contributed by atoms with Gasteiger partial charge in [-0.3, -0.25) is 0 Å². The summed E-state index contributed by atoms with van der Waals surface area (Å²) in [6.45, 7) is 6.53. The van der Waals surface area contributed by atoms with Crippen LogP contribution in [-0.4, -0.2) is 38.1 Å². The number of primary sulfonamides is 1. The molecular weight excluding hydrogens is 364 g/mol. The molecule has 1 amide bonds. The van der Waals surface area contributed by atoms with E-state index in [1.165, 1.54) is 0 Å². The van der Waals surface area contributed by atoms with Crippen LogP contribution >= 0.6 is 0 Å². The van der Waals surface area contributed by atoms with Crippen molar-refractivity contribution < 1.29 is 17.9 Å². The third-order valence-corrected chi connectivity index (χ3v) is 5.37. The van der Waals surface area contributed by atoms with Gasteiger partial charge in [-0.25, -0.2) is 18.4 Å². The Morgan fingerprint density at radius 2 is 1.78 bits per heavy atom. The SMILES string of the molecule is CC(C)(C)OC(=O)N1CC=C(c2ccc(S(N)(=O)=O)c3ccccc23)CC1. The van der Waals surface area contributed by atoms with Crippen molar-refractivity contribution >= 4 is 32.5 Å². The molecule has 0 fully saturated rings. The summed E-state index contributed by atoms with van der Waals surface area (Å²) < 4.78 is 29.2. The number of hydrogen-bond donors (Lipinski definition) is 1. The van der Waals surface area contributed by atoms with E-state index in [1.54, 1.807) is 29.2 Å². The number of ether oxygens (including phenoxy) is 1. The first-order chi connectivity index (χ1) is 12.6. The monoisotopic (exact) mass is 388 g/mol. The Labute approximate surface area is 159 Å². The fourth-order valence-corrected chi connectivity index (χ4v) is 3.95. The van der Waals surface area contributed by atoms with E-state index >= 15 is 0 Å². The Hall–Kier alpha value is -2.38. The predicted octanol–water partition coefficient (Wildman–Crippen LogP) is 3.51. The van der Waals surface area contributed by atoms with E-state index in [4.69, 9.17) is 9.88 Å². The summed E-state index contributed by atoms with van der Waals surface area (Å²) in [6, 6.07) is 10.6. The van der Waals surface area contributed by atoms with Crippen LogP contribution in [0.25, 0.3) is 16.3 Å². The summed E-state index contributed by atoms with van der Waals surface area (Å²) in [4.78, 5) is 14.0. The molecule has 0 aliphatic carbocycles. The molecule has 0 saturated carbocycles. The number of carbonyl (C=O) groups is 1. The minimum atomic E-state index is -3.80. The standard InChI is InChI=1S/C20H24N2O4S/c1-20(2,3)26-19(23)22-12-10-14(11-13-22)15-8-9-18(27(21,24)25)17-7-5-4-6-16(15)17/h4-10H,11-13H2,1-3H3,(H2,21,24,25). The molecule has 0 aromatic heterocycles. The van der Waals surface area contributed by atoms with E-state index < -0.39 is 15.6 Å². The Morgan fingerprint density at radius 3 is 2.33 bits per heavy atom. The summed E-state index contributed by atoms with van der Waals surface area (Å²) in [5, 5.41) is 6.79. The van der Waals surface area contributed by atoms with E-state index in [9.17, 15) is 13.2 Å². The summed E-state index contributed by atoms with van der Waals surface area (Å²) >= 11 is 0. The van der Waals surface area contributed by atoms with Gasteiger partial charge in [-0.2, -0.15) is 0 Å². The molecule has 0 saturated heterocycles. The second-order valence-electron chi connectivity index (χ2n) is 7.61. The van der Waals surface area contributed by atoms with Crippen molar-refractivity contribution in [2.45, 2.75) is 37.7 Å². The van der Waals surface area contributed by atoms with Crippen LogP contribution < -0.4 is 5.14 Å². The number of benzene rings is 2. The average Bonchev–Trinajstić information content (AvgIpc) is 2.58. The number of nitrogens with zero attached hydrogens (tertiary/aromatic N) is 1. The quantitative estimate of drug-likeness (QED) is 0.852. The largest absolute Gasteiger partial charge is 0.444 e. The third-order valence-electron chi connectivity index (χ3n) is 4.40. The second-order valence-corrected chi connectivity index (χ2v) is 9.14. The molecular formula is C20H24N2O4S. The first kappa shape index (κ1) is 19.4. The molecule has 2 aromatic carbocycles. The van der Waals surface area contributed by atoms with E-state index in [1.807, 2.05) is 39.0 Å². The van der Waals surface area contributed by atoms with Crippen LogP contribution in [-0.2, 0) is 14.8 Å². The van der Waals surface area contributed by atoms with Crippen LogP contribution in [0.2, 0.25) is 0 Å². The molecule has 1 heterocycles. The highest BCUT2D eigenvalue weighted by Gasteiger charge is 2.24. The minimum Gasteiger partial charge on any atom is -0.444 e. The fourth-order valence-electron chi connectivity index (χ4n) is 3.21. The second kappa shape index (κ2) is 6.98. The number of nitrogens with two attached hydrogens (primary N) is 1. The Kier molecular flexibility index (Phi) is 5.01. The van der Waals surface area contributed by atoms with Gasteiger partial charge < -0.3 is 9.64 Å². The highest BCUT2D eigenvalue weighted by molar-refractivity contribution is 7.89. The van der Waals surface area contributed by atoms with Crippen molar-refractivity contribution in [3.05, 3.63) is 48.0 Å². The van der Waals surface area contributed by atoms with Gasteiger partial charge in [0.2, 0.25) is 10.0 Å². The lowest BCUT2D eigenvalue weighted by molar-refractivity contribution is 0.0270. The van der Waals surface area contributed by atoms with Gasteiger partial charge in [-0.05, 0) is 49.8 Å². The lowest BCUT2D eigenvalue weighted by Crippen LogP contribution is -2.39. The smallest absolute Gasteiger partial charge is 0.410 e. The van der Waals surface area contributed by atoms with Crippen molar-refractivity contribution in [2.75, 3.05) is 13.1 Å². The van der Waals surface area contributed by atoms with Gasteiger partial charge in [-0.1, -0.05) is 36.4 Å². The molecule has 144 valence electrons. The van der Waals surface area contributed by atoms with Crippen LogP contribution in [0.1, 0.15) is 32.8 Å². The molecule has 6 nitrogen and oxygen atoms in total. The van der Waals surface area contributed by atoms with Crippen molar-refractivity contribution in [3.8, 4) is 0 Å². The summed E-state index contributed by atoms with van der Waals surface area (Å²) in [5.74, 6) is 0. The Balaban J connectivity index is 1.93. The molecule has 7 heteroatoms. The lowest BCUT2D eigenvalue weighted by atomic mass is 9.94. The van der Waals surface area contributed by atoms with E-state index in [0.29, 0.717) is 24.9 Å². The van der Waals surface area contributed by atoms with E-state index in [-0.39, 0.29) is 11.0 Å². The Bertz CT molecular complexity index is 1020. The zero-order chi connectivity index (χ0) is 19.8. The number of amides is 1. The lowest BCUT2D eigenvalue weighted by Gasteiger charge is -2.30. The maximum atomic E-state index is 12.2. The topological polar surface area (TPSA) is 89.7 Å². The molecule has 1 aliphatic rings. The molecule has 27 heavy (non-hydrogen) atoms. The molecule has 3 rings (SSSR count). The average molecular weight is 388 g/mol. The van der Waals surface area contributed by atoms with Crippen molar-refractivity contribution in [3.63, 3.8) is 0 Å². The van der Waals surface area contributed by atoms with Gasteiger partial charge in [0, 0.05) is 18.5 Å². The highest BCUT2D eigenvalue weighted by Crippen LogP contribution is 2.32. The number of carbonyl (C=O) groups excluding carboxylic acids is 1. The molecule has 0 spiro atoms. The van der Waals surface area contributed by atoms with Gasteiger partial charge in [0.15, 0.2) is 0 Å². The number of hydrogen-bond acceptors (Lipinski definition) is 4. The van der Waals surface area contributed by atoms with E-state index in [0.717, 1.165) is 16.5 Å². The van der Waals surface area contributed by atoms with Gasteiger partial charge in [0.25, 0.3) is 0 Å². The van der Waals surface area contributed by atoms with Crippen molar-refractivity contribution in [2.24, 2.45) is 5.14 Å². The Morgan fingerprint density at radius 1 is 1.11 bits per heavy atom. The van der Waals surface area contributed by atoms with Gasteiger partial charge in [-0.15, -0.1) is 0 Å². The predicted molar refractivity (Wildman–Crippen MR) is 106 cm³/mol. The first-order valence-corrected chi connectivity index (χ1v) is 10.3. The molecule has 1 aliphatic heterocycles. The molecule has 0 unspecified atom stereocenters. The maximum absolute atomic E-state index is 12.2. The summed E-state index contributed by atoms with van der Waals surface area (Å²) in [7, 11) is -3.80. The molecule has 2 N–H and O–H groups in total. The normalized spacial score (nSPS) is 15.6. The molecule has 2 aromatic rings. The van der Waals surface area contributed by atoms with Crippen LogP contribution in [0.4, 0.5) is 4.79 Å². The summed E-state index contributed by atoms with van der Waals surface area (Å²) in [5.41, 5.74) is 1.51. The fraction of sp³-hybridized carbons (Fsp3) is 0.350. The van der Waals surface area contributed by atoms with Crippen LogP contribution in [0.15, 0.2) is 47.4 Å². The number of fused-ring (bicyclic) bond motifs is 1. The third kappa shape index (κ3) is 4.31. The van der Waals surface area contributed by atoms with Crippen LogP contribution in [0, 0.1) is 0 Å². The molecule has 0 bridgehead atoms. The first-order valence-electron chi connectivity index (χ1n) is 8.78. The van der Waals surface area contributed by atoms with Crippen LogP contribution in [0.3, 0.4) is 0 Å². The van der Waals surface area contributed by atoms with Crippen LogP contribution in [0.5, 0.6) is 0 Å². The van der Waals surface area contributed by atoms with Gasteiger partial charge >= 0.3 is 6.09 Å². The minimum absolute atomic E-state index is 0.119. The molecule has 0 radical (unpaired) electrons. The molecule has 0 atom stereocenters. The summed E-state index contributed by atoms with van der Waals surface area (Å²) in [6.07, 6.45) is 2.33. The maximum Gasteiger partial charge on any atom is 0.410 e. The number of rotatable bonds is 2. The zero-order valence-electron chi connectivity index (χ0n) is 15.7. The number of sulfonamides is 1. The van der Waals surface area contributed by atoms with Crippen molar-refractivity contribution in [1.29, 1.82) is 0 Å². The van der Waals surface area contributed by atoms with Gasteiger partial charge in [0.1, 0.15) is 5.60 Å². The highest BCUT2D eigenvalue weighted by atomic mass is 32.2. The van der Waals surface area contributed by atoms with Gasteiger partial charge in [0.05, 0.1) is 4.90 Å². The zero-order valence-corrected chi connectivity index (χ0v) is 16.5.